The van der Waals surface area contributed by atoms with E-state index in [1.54, 1.807) is 11.6 Å². The summed E-state index contributed by atoms with van der Waals surface area (Å²) in [6, 6.07) is 7.58. The van der Waals surface area contributed by atoms with Gasteiger partial charge in [0, 0.05) is 31.3 Å². The monoisotopic (exact) mass is 409 g/mol. The zero-order valence-electron chi connectivity index (χ0n) is 15.9. The van der Waals surface area contributed by atoms with Crippen molar-refractivity contribution in [1.29, 1.82) is 0 Å². The molecule has 1 aromatic carbocycles. The highest BCUT2D eigenvalue weighted by molar-refractivity contribution is 7.90. The maximum atomic E-state index is 12.2. The number of amides is 2. The molecule has 9 heteroatoms. The fourth-order valence-electron chi connectivity index (χ4n) is 3.26. The van der Waals surface area contributed by atoms with Crippen LogP contribution >= 0.6 is 0 Å². The quantitative estimate of drug-likeness (QED) is 0.342. The molecule has 2 amide bonds. The molecule has 0 radical (unpaired) electrons. The Morgan fingerprint density at radius 2 is 1.93 bits per heavy atom. The van der Waals surface area contributed by atoms with Crippen LogP contribution in [0, 0.1) is 5.92 Å². The zero-order valence-corrected chi connectivity index (χ0v) is 16.7. The van der Waals surface area contributed by atoms with Crippen molar-refractivity contribution in [2.45, 2.75) is 32.6 Å². The fourth-order valence-corrected chi connectivity index (χ4v) is 4.75. The summed E-state index contributed by atoms with van der Waals surface area (Å²) in [6.45, 7) is 3.19. The van der Waals surface area contributed by atoms with E-state index in [1.165, 1.54) is 6.08 Å². The topological polar surface area (TPSA) is 116 Å². The third-order valence-electron chi connectivity index (χ3n) is 4.62. The molecule has 1 heterocycles. The van der Waals surface area contributed by atoms with Gasteiger partial charge in [-0.3, -0.25) is 19.5 Å². The molecule has 1 aromatic rings. The summed E-state index contributed by atoms with van der Waals surface area (Å²) in [6.07, 6.45) is 5.07. The molecule has 0 unspecified atom stereocenters. The first kappa shape index (κ1) is 21.9. The van der Waals surface area contributed by atoms with Crippen molar-refractivity contribution < 1.29 is 23.2 Å². The maximum Gasteiger partial charge on any atom is 0.267 e. The summed E-state index contributed by atoms with van der Waals surface area (Å²) in [7, 11) is -3.61. The number of sulfonamides is 1. The smallest absolute Gasteiger partial charge is 0.267 e. The third kappa shape index (κ3) is 6.65. The minimum Gasteiger partial charge on any atom is -0.371 e. The van der Waals surface area contributed by atoms with Gasteiger partial charge in [-0.15, -0.1) is 0 Å². The summed E-state index contributed by atoms with van der Waals surface area (Å²) >= 11 is 0. The first-order chi connectivity index (χ1) is 13.3. The highest BCUT2D eigenvalue weighted by Gasteiger charge is 2.26. The SMILES string of the molecule is CCCC(=O)NS(=O)(=O)CC1CCN(c2ccccc2/C=C/C(=O)NO)CC1. The van der Waals surface area contributed by atoms with Crippen LogP contribution in [-0.2, 0) is 19.6 Å². The number of carbonyl (C=O) groups is 2. The largest absolute Gasteiger partial charge is 0.371 e. The molecule has 28 heavy (non-hydrogen) atoms. The van der Waals surface area contributed by atoms with Gasteiger partial charge in [-0.05, 0) is 42.9 Å². The molecule has 0 bridgehead atoms. The third-order valence-corrected chi connectivity index (χ3v) is 6.07. The molecule has 0 aromatic heterocycles. The number of nitrogens with zero attached hydrogens (tertiary/aromatic N) is 1. The van der Waals surface area contributed by atoms with Crippen LogP contribution in [0.2, 0.25) is 0 Å². The molecule has 1 fully saturated rings. The van der Waals surface area contributed by atoms with E-state index in [0.29, 0.717) is 32.4 Å². The molecule has 0 spiro atoms. The number of rotatable bonds is 8. The summed E-state index contributed by atoms with van der Waals surface area (Å²) < 4.78 is 26.4. The second-order valence-electron chi connectivity index (χ2n) is 6.86. The summed E-state index contributed by atoms with van der Waals surface area (Å²) in [5.41, 5.74) is 3.34. The number of hydrogen-bond acceptors (Lipinski definition) is 6. The number of para-hydroxylation sites is 1. The lowest BCUT2D eigenvalue weighted by atomic mass is 9.97. The highest BCUT2D eigenvalue weighted by atomic mass is 32.2. The van der Waals surface area contributed by atoms with Gasteiger partial charge in [-0.1, -0.05) is 25.1 Å². The van der Waals surface area contributed by atoms with E-state index in [2.05, 4.69) is 9.62 Å². The number of hydrogen-bond donors (Lipinski definition) is 3. The van der Waals surface area contributed by atoms with Crippen molar-refractivity contribution >= 4 is 33.6 Å². The number of nitrogens with one attached hydrogen (secondary N) is 2. The molecule has 3 N–H and O–H groups in total. The second-order valence-corrected chi connectivity index (χ2v) is 8.62. The molecule has 2 rings (SSSR count). The average Bonchev–Trinajstić information content (AvgIpc) is 2.66. The lowest BCUT2D eigenvalue weighted by Crippen LogP contribution is -2.40. The number of benzene rings is 1. The summed E-state index contributed by atoms with van der Waals surface area (Å²) in [5, 5.41) is 8.60. The molecule has 0 saturated carbocycles. The normalized spacial score (nSPS) is 15.6. The number of hydroxylamine groups is 1. The van der Waals surface area contributed by atoms with Gasteiger partial charge < -0.3 is 4.90 Å². The Morgan fingerprint density at radius 3 is 2.57 bits per heavy atom. The fraction of sp³-hybridized carbons (Fsp3) is 0.474. The second kappa shape index (κ2) is 10.2. The molecule has 1 saturated heterocycles. The Morgan fingerprint density at radius 1 is 1.25 bits per heavy atom. The maximum absolute atomic E-state index is 12.2. The van der Waals surface area contributed by atoms with E-state index in [9.17, 15) is 18.0 Å². The summed E-state index contributed by atoms with van der Waals surface area (Å²) in [5.74, 6) is -1.11. The average molecular weight is 410 g/mol. The van der Waals surface area contributed by atoms with Crippen LogP contribution in [0.25, 0.3) is 6.08 Å². The van der Waals surface area contributed by atoms with Crippen molar-refractivity contribution in [2.24, 2.45) is 5.92 Å². The summed E-state index contributed by atoms with van der Waals surface area (Å²) in [4.78, 5) is 24.9. The van der Waals surface area contributed by atoms with Gasteiger partial charge in [-0.25, -0.2) is 13.9 Å². The predicted octanol–water partition coefficient (Wildman–Crippen LogP) is 1.67. The van der Waals surface area contributed by atoms with Gasteiger partial charge in [-0.2, -0.15) is 0 Å². The van der Waals surface area contributed by atoms with E-state index < -0.39 is 21.8 Å². The number of piperidine rings is 1. The van der Waals surface area contributed by atoms with E-state index in [4.69, 9.17) is 5.21 Å². The van der Waals surface area contributed by atoms with Crippen molar-refractivity contribution in [3.8, 4) is 0 Å². The van der Waals surface area contributed by atoms with E-state index in [-0.39, 0.29) is 18.1 Å². The first-order valence-corrected chi connectivity index (χ1v) is 11.0. The first-order valence-electron chi connectivity index (χ1n) is 9.34. The van der Waals surface area contributed by atoms with Crippen LogP contribution in [0.5, 0.6) is 0 Å². The van der Waals surface area contributed by atoms with Crippen LogP contribution in [0.1, 0.15) is 38.2 Å². The van der Waals surface area contributed by atoms with Crippen molar-refractivity contribution in [1.82, 2.24) is 10.2 Å². The van der Waals surface area contributed by atoms with Gasteiger partial charge in [0.25, 0.3) is 5.91 Å². The minimum atomic E-state index is -3.61. The molecular weight excluding hydrogens is 382 g/mol. The van der Waals surface area contributed by atoms with Crippen LogP contribution in [0.3, 0.4) is 0 Å². The molecule has 0 atom stereocenters. The van der Waals surface area contributed by atoms with Gasteiger partial charge in [0.1, 0.15) is 0 Å². The van der Waals surface area contributed by atoms with Crippen molar-refractivity contribution in [3.05, 3.63) is 35.9 Å². The van der Waals surface area contributed by atoms with Gasteiger partial charge >= 0.3 is 0 Å². The van der Waals surface area contributed by atoms with Crippen LogP contribution in [-0.4, -0.2) is 44.3 Å². The van der Waals surface area contributed by atoms with Crippen LogP contribution < -0.4 is 15.1 Å². The van der Waals surface area contributed by atoms with Crippen LogP contribution in [0.4, 0.5) is 5.69 Å². The Labute approximate surface area is 165 Å². The Kier molecular flexibility index (Phi) is 8.01. The lowest BCUT2D eigenvalue weighted by Gasteiger charge is -2.34. The Hall–Kier alpha value is -2.39. The van der Waals surface area contributed by atoms with E-state index in [0.717, 1.165) is 11.3 Å². The molecule has 154 valence electrons. The predicted molar refractivity (Wildman–Crippen MR) is 107 cm³/mol. The van der Waals surface area contributed by atoms with Crippen molar-refractivity contribution in [3.63, 3.8) is 0 Å². The Bertz CT molecular complexity index is 815. The van der Waals surface area contributed by atoms with E-state index in [1.807, 2.05) is 31.2 Å². The zero-order chi connectivity index (χ0) is 20.6. The minimum absolute atomic E-state index is 0.00829. The van der Waals surface area contributed by atoms with Gasteiger partial charge in [0.2, 0.25) is 15.9 Å². The molecule has 0 aliphatic carbocycles. The number of carbonyl (C=O) groups excluding carboxylic acids is 2. The van der Waals surface area contributed by atoms with E-state index >= 15 is 0 Å². The lowest BCUT2D eigenvalue weighted by molar-refractivity contribution is -0.124. The number of anilines is 1. The molecule has 1 aliphatic rings. The highest BCUT2D eigenvalue weighted by Crippen LogP contribution is 2.27. The van der Waals surface area contributed by atoms with Crippen molar-refractivity contribution in [2.75, 3.05) is 23.7 Å². The molecular formula is C19H27N3O5S. The standard InChI is InChI=1S/C19H27N3O5S/c1-2-5-19(24)21-28(26,27)14-15-10-12-22(13-11-15)17-7-4-3-6-16(17)8-9-18(23)20-25/h3-4,6-9,15,25H,2,5,10-14H2,1H3,(H,20,23)(H,21,24)/b9-8+. The van der Waals surface area contributed by atoms with Gasteiger partial charge in [0.15, 0.2) is 0 Å². The van der Waals surface area contributed by atoms with Crippen LogP contribution in [0.15, 0.2) is 30.3 Å². The molecule has 1 aliphatic heterocycles. The Balaban J connectivity index is 1.96. The van der Waals surface area contributed by atoms with Gasteiger partial charge in [0.05, 0.1) is 5.75 Å². The molecule has 8 nitrogen and oxygen atoms in total.